The van der Waals surface area contributed by atoms with E-state index in [1.807, 2.05) is 0 Å². The molecule has 1 rings (SSSR count). The molecule has 2 unspecified atom stereocenters. The van der Waals surface area contributed by atoms with E-state index in [1.165, 1.54) is 6.42 Å². The van der Waals surface area contributed by atoms with Crippen molar-refractivity contribution in [3.63, 3.8) is 0 Å². The predicted molar refractivity (Wildman–Crippen MR) is 45.0 cm³/mol. The van der Waals surface area contributed by atoms with Gasteiger partial charge in [-0.15, -0.1) is 0 Å². The van der Waals surface area contributed by atoms with E-state index >= 15 is 0 Å². The zero-order valence-corrected chi connectivity index (χ0v) is 7.38. The van der Waals surface area contributed by atoms with Gasteiger partial charge in [-0.3, -0.25) is 4.90 Å². The second kappa shape index (κ2) is 3.73. The summed E-state index contributed by atoms with van der Waals surface area (Å²) in [4.78, 5) is 2.24. The molecule has 2 nitrogen and oxygen atoms in total. The molecule has 0 amide bonds. The Morgan fingerprint density at radius 1 is 1.45 bits per heavy atom. The lowest BCUT2D eigenvalue weighted by molar-refractivity contribution is 0.153. The van der Waals surface area contributed by atoms with Crippen molar-refractivity contribution in [2.45, 2.75) is 20.3 Å². The van der Waals surface area contributed by atoms with E-state index < -0.39 is 0 Å². The summed E-state index contributed by atoms with van der Waals surface area (Å²) in [7, 11) is 0. The fourth-order valence-corrected chi connectivity index (χ4v) is 1.59. The maximum absolute atomic E-state index is 8.48. The fourth-order valence-electron chi connectivity index (χ4n) is 1.59. The molecule has 0 aromatic rings. The SMILES string of the molecule is CC1CCN(CC#N)CC1C. The largest absolute Gasteiger partial charge is 0.290 e. The normalized spacial score (nSPS) is 33.2. The minimum atomic E-state index is 0.608. The molecule has 0 spiro atoms. The quantitative estimate of drug-likeness (QED) is 0.532. The first-order chi connectivity index (χ1) is 5.24. The molecule has 62 valence electrons. The number of likely N-dealkylation sites (tertiary alicyclic amines) is 1. The van der Waals surface area contributed by atoms with E-state index in [1.54, 1.807) is 0 Å². The highest BCUT2D eigenvalue weighted by molar-refractivity contribution is 4.82. The summed E-state index contributed by atoms with van der Waals surface area (Å²) in [5, 5.41) is 8.48. The van der Waals surface area contributed by atoms with Crippen LogP contribution in [-0.4, -0.2) is 24.5 Å². The van der Waals surface area contributed by atoms with Gasteiger partial charge in [-0.05, 0) is 24.8 Å². The Hall–Kier alpha value is -0.550. The van der Waals surface area contributed by atoms with Crippen LogP contribution in [0.25, 0.3) is 0 Å². The molecule has 11 heavy (non-hydrogen) atoms. The van der Waals surface area contributed by atoms with Gasteiger partial charge in [0.15, 0.2) is 0 Å². The number of rotatable bonds is 1. The van der Waals surface area contributed by atoms with Crippen LogP contribution in [0.4, 0.5) is 0 Å². The van der Waals surface area contributed by atoms with E-state index in [9.17, 15) is 0 Å². The first-order valence-corrected chi connectivity index (χ1v) is 4.33. The second-order valence-corrected chi connectivity index (χ2v) is 3.64. The van der Waals surface area contributed by atoms with Crippen LogP contribution in [0.3, 0.4) is 0 Å². The van der Waals surface area contributed by atoms with E-state index in [-0.39, 0.29) is 0 Å². The summed E-state index contributed by atoms with van der Waals surface area (Å²) in [6.07, 6.45) is 1.25. The lowest BCUT2D eigenvalue weighted by Gasteiger charge is -2.33. The van der Waals surface area contributed by atoms with Crippen molar-refractivity contribution >= 4 is 0 Å². The van der Waals surface area contributed by atoms with Gasteiger partial charge in [0.05, 0.1) is 12.6 Å². The molecule has 2 atom stereocenters. The molecule has 1 aliphatic rings. The highest BCUT2D eigenvalue weighted by Gasteiger charge is 2.21. The Bertz CT molecular complexity index is 159. The molecule has 1 fully saturated rings. The van der Waals surface area contributed by atoms with Crippen molar-refractivity contribution in [3.8, 4) is 6.07 Å². The van der Waals surface area contributed by atoms with Gasteiger partial charge in [0.2, 0.25) is 0 Å². The van der Waals surface area contributed by atoms with E-state index in [0.29, 0.717) is 6.54 Å². The van der Waals surface area contributed by atoms with Crippen molar-refractivity contribution in [1.29, 1.82) is 5.26 Å². The zero-order chi connectivity index (χ0) is 8.27. The first-order valence-electron chi connectivity index (χ1n) is 4.33. The van der Waals surface area contributed by atoms with Gasteiger partial charge in [0.25, 0.3) is 0 Å². The van der Waals surface area contributed by atoms with Gasteiger partial charge in [-0.25, -0.2) is 0 Å². The molecule has 0 bridgehead atoms. The average Bonchev–Trinajstić information content (AvgIpc) is 1.98. The zero-order valence-electron chi connectivity index (χ0n) is 7.38. The standard InChI is InChI=1S/C9H16N2/c1-8-3-5-11(6-4-10)7-9(8)2/h8-9H,3,5-7H2,1-2H3. The van der Waals surface area contributed by atoms with E-state index in [4.69, 9.17) is 5.26 Å². The molecule has 0 saturated carbocycles. The van der Waals surface area contributed by atoms with Crippen LogP contribution in [-0.2, 0) is 0 Å². The van der Waals surface area contributed by atoms with Gasteiger partial charge in [-0.2, -0.15) is 5.26 Å². The highest BCUT2D eigenvalue weighted by atomic mass is 15.1. The first kappa shape index (κ1) is 8.55. The molecule has 1 saturated heterocycles. The third-order valence-electron chi connectivity index (χ3n) is 2.71. The molecular weight excluding hydrogens is 136 g/mol. The second-order valence-electron chi connectivity index (χ2n) is 3.64. The third-order valence-corrected chi connectivity index (χ3v) is 2.71. The predicted octanol–water partition coefficient (Wildman–Crippen LogP) is 1.49. The van der Waals surface area contributed by atoms with Crippen LogP contribution < -0.4 is 0 Å². The van der Waals surface area contributed by atoms with Gasteiger partial charge in [0, 0.05) is 6.54 Å². The van der Waals surface area contributed by atoms with Gasteiger partial charge >= 0.3 is 0 Å². The summed E-state index contributed by atoms with van der Waals surface area (Å²) in [6, 6.07) is 2.20. The van der Waals surface area contributed by atoms with E-state index in [2.05, 4.69) is 24.8 Å². The number of hydrogen-bond acceptors (Lipinski definition) is 2. The number of nitrogens with zero attached hydrogens (tertiary/aromatic N) is 2. The average molecular weight is 152 g/mol. The lowest BCUT2D eigenvalue weighted by atomic mass is 9.89. The van der Waals surface area contributed by atoms with Crippen LogP contribution in [0.5, 0.6) is 0 Å². The van der Waals surface area contributed by atoms with Crippen molar-refractivity contribution in [2.75, 3.05) is 19.6 Å². The van der Waals surface area contributed by atoms with Gasteiger partial charge < -0.3 is 0 Å². The topological polar surface area (TPSA) is 27.0 Å². The Labute approximate surface area is 68.8 Å². The molecule has 2 heteroatoms. The minimum Gasteiger partial charge on any atom is -0.290 e. The summed E-state index contributed by atoms with van der Waals surface area (Å²) in [5.74, 6) is 1.60. The van der Waals surface area contributed by atoms with Gasteiger partial charge in [-0.1, -0.05) is 13.8 Å². The van der Waals surface area contributed by atoms with Crippen molar-refractivity contribution in [3.05, 3.63) is 0 Å². The summed E-state index contributed by atoms with van der Waals surface area (Å²) in [5.41, 5.74) is 0. The van der Waals surface area contributed by atoms with Gasteiger partial charge in [0.1, 0.15) is 0 Å². The fraction of sp³-hybridized carbons (Fsp3) is 0.889. The van der Waals surface area contributed by atoms with E-state index in [0.717, 1.165) is 24.9 Å². The van der Waals surface area contributed by atoms with Crippen molar-refractivity contribution in [2.24, 2.45) is 11.8 Å². The van der Waals surface area contributed by atoms with Crippen LogP contribution in [0.15, 0.2) is 0 Å². The van der Waals surface area contributed by atoms with Crippen LogP contribution in [0, 0.1) is 23.2 Å². The molecule has 0 N–H and O–H groups in total. The molecule has 0 radical (unpaired) electrons. The third kappa shape index (κ3) is 2.20. The van der Waals surface area contributed by atoms with Crippen molar-refractivity contribution < 1.29 is 0 Å². The highest BCUT2D eigenvalue weighted by Crippen LogP contribution is 2.21. The van der Waals surface area contributed by atoms with Crippen LogP contribution in [0.1, 0.15) is 20.3 Å². The van der Waals surface area contributed by atoms with Crippen LogP contribution >= 0.6 is 0 Å². The summed E-state index contributed by atoms with van der Waals surface area (Å²) >= 11 is 0. The molecule has 1 aliphatic heterocycles. The smallest absolute Gasteiger partial charge is 0.0866 e. The Morgan fingerprint density at radius 3 is 2.73 bits per heavy atom. The molecule has 1 heterocycles. The molecule has 0 aliphatic carbocycles. The summed E-state index contributed by atoms with van der Waals surface area (Å²) in [6.45, 7) is 7.40. The number of nitriles is 1. The van der Waals surface area contributed by atoms with Crippen molar-refractivity contribution in [1.82, 2.24) is 4.90 Å². The maximum Gasteiger partial charge on any atom is 0.0866 e. The lowest BCUT2D eigenvalue weighted by Crippen LogP contribution is -2.38. The maximum atomic E-state index is 8.48. The summed E-state index contributed by atoms with van der Waals surface area (Å²) < 4.78 is 0. The Balaban J connectivity index is 2.35. The number of piperidine rings is 1. The molecular formula is C9H16N2. The number of hydrogen-bond donors (Lipinski definition) is 0. The molecule has 0 aromatic heterocycles. The molecule has 0 aromatic carbocycles. The Morgan fingerprint density at radius 2 is 2.18 bits per heavy atom. The Kier molecular flexibility index (Phi) is 2.90. The van der Waals surface area contributed by atoms with Crippen LogP contribution in [0.2, 0.25) is 0 Å². The minimum absolute atomic E-state index is 0.608. The monoisotopic (exact) mass is 152 g/mol.